The molecule has 1 aliphatic rings. The molecule has 152 valence electrons. The van der Waals surface area contributed by atoms with E-state index in [1.807, 2.05) is 61.5 Å². The molecule has 1 saturated heterocycles. The molecule has 1 N–H and O–H groups in total. The Bertz CT molecular complexity index is 884. The normalized spacial score (nSPS) is 15.8. The van der Waals surface area contributed by atoms with Gasteiger partial charge in [-0.1, -0.05) is 42.5 Å². The van der Waals surface area contributed by atoms with Crippen LogP contribution < -0.4 is 9.62 Å². The van der Waals surface area contributed by atoms with Crippen molar-refractivity contribution in [3.8, 4) is 0 Å². The van der Waals surface area contributed by atoms with Gasteiger partial charge in [-0.25, -0.2) is 13.4 Å². The van der Waals surface area contributed by atoms with Crippen molar-refractivity contribution in [1.82, 2.24) is 10.2 Å². The Labute approximate surface area is 184 Å². The lowest BCUT2D eigenvalue weighted by Crippen LogP contribution is -2.36. The average Bonchev–Trinajstić information content (AvgIpc) is 3.02. The van der Waals surface area contributed by atoms with Gasteiger partial charge in [0.15, 0.2) is 5.96 Å². The molecular weight excluding hydrogens is 487 g/mol. The molecular formula is C20H27IN4O2S. The molecule has 1 heterocycles. The molecule has 2 aromatic rings. The van der Waals surface area contributed by atoms with E-state index in [9.17, 15) is 8.42 Å². The Hall–Kier alpha value is -1.81. The second-order valence-electron chi connectivity index (χ2n) is 6.78. The van der Waals surface area contributed by atoms with Crippen molar-refractivity contribution in [3.63, 3.8) is 0 Å². The van der Waals surface area contributed by atoms with Gasteiger partial charge in [0.05, 0.1) is 18.0 Å². The third kappa shape index (κ3) is 5.84. The predicted molar refractivity (Wildman–Crippen MR) is 126 cm³/mol. The van der Waals surface area contributed by atoms with Gasteiger partial charge in [-0.2, -0.15) is 0 Å². The maximum Gasteiger partial charge on any atom is 0.235 e. The highest BCUT2D eigenvalue weighted by Gasteiger charge is 2.28. The van der Waals surface area contributed by atoms with Gasteiger partial charge in [0.1, 0.15) is 0 Å². The van der Waals surface area contributed by atoms with E-state index in [0.29, 0.717) is 26.1 Å². The van der Waals surface area contributed by atoms with Gasteiger partial charge >= 0.3 is 0 Å². The van der Waals surface area contributed by atoms with Gasteiger partial charge in [-0.3, -0.25) is 4.31 Å². The van der Waals surface area contributed by atoms with Gasteiger partial charge in [0.25, 0.3) is 0 Å². The number of aliphatic imine (C=N–C) groups is 1. The van der Waals surface area contributed by atoms with E-state index in [1.54, 1.807) is 0 Å². The summed E-state index contributed by atoms with van der Waals surface area (Å²) in [5.41, 5.74) is 2.97. The van der Waals surface area contributed by atoms with Crippen LogP contribution in [-0.2, 0) is 23.1 Å². The first-order chi connectivity index (χ1) is 13.0. The van der Waals surface area contributed by atoms with E-state index >= 15 is 0 Å². The van der Waals surface area contributed by atoms with Gasteiger partial charge in [-0.15, -0.1) is 24.0 Å². The van der Waals surface area contributed by atoms with Gasteiger partial charge in [0, 0.05) is 27.2 Å². The zero-order valence-electron chi connectivity index (χ0n) is 16.2. The summed E-state index contributed by atoms with van der Waals surface area (Å²) in [6.07, 6.45) is 0.690. The first-order valence-corrected chi connectivity index (χ1v) is 10.7. The van der Waals surface area contributed by atoms with Crippen LogP contribution >= 0.6 is 24.0 Å². The maximum absolute atomic E-state index is 12.0. The molecule has 0 unspecified atom stereocenters. The van der Waals surface area contributed by atoms with E-state index in [4.69, 9.17) is 0 Å². The quantitative estimate of drug-likeness (QED) is 0.379. The highest BCUT2D eigenvalue weighted by molar-refractivity contribution is 14.0. The number of sulfonamides is 1. The lowest BCUT2D eigenvalue weighted by Gasteiger charge is -2.19. The molecule has 0 radical (unpaired) electrons. The standard InChI is InChI=1S/C20H26N4O2S.HI/c1-23(2)20(21-15-17-7-4-3-5-8-17)22-16-18-9-11-19(12-10-18)24-13-6-14-27(24,25)26;/h3-5,7-12H,6,13-16H2,1-2H3,(H,21,22);1H. The van der Waals surface area contributed by atoms with Crippen LogP contribution in [-0.4, -0.2) is 45.7 Å². The summed E-state index contributed by atoms with van der Waals surface area (Å²) in [6, 6.07) is 17.8. The molecule has 0 saturated carbocycles. The van der Waals surface area contributed by atoms with Crippen LogP contribution in [0, 0.1) is 0 Å². The van der Waals surface area contributed by atoms with E-state index in [2.05, 4.69) is 22.4 Å². The second-order valence-corrected chi connectivity index (χ2v) is 8.79. The average molecular weight is 514 g/mol. The van der Waals surface area contributed by atoms with Gasteiger partial charge in [-0.05, 0) is 29.7 Å². The van der Waals surface area contributed by atoms with Crippen LogP contribution in [0.25, 0.3) is 0 Å². The zero-order valence-corrected chi connectivity index (χ0v) is 19.4. The van der Waals surface area contributed by atoms with Crippen LogP contribution in [0.5, 0.6) is 0 Å². The van der Waals surface area contributed by atoms with Crippen molar-refractivity contribution in [2.24, 2.45) is 4.99 Å². The fourth-order valence-electron chi connectivity index (χ4n) is 3.00. The summed E-state index contributed by atoms with van der Waals surface area (Å²) in [5, 5.41) is 3.36. The minimum atomic E-state index is -3.13. The molecule has 0 atom stereocenters. The van der Waals surface area contributed by atoms with E-state index in [1.165, 1.54) is 4.31 Å². The van der Waals surface area contributed by atoms with Crippen molar-refractivity contribution >= 4 is 45.6 Å². The molecule has 0 amide bonds. The minimum Gasteiger partial charge on any atom is -0.352 e. The molecule has 0 aromatic heterocycles. The first kappa shape index (κ1) is 22.5. The number of hydrogen-bond donors (Lipinski definition) is 1. The van der Waals surface area contributed by atoms with E-state index in [0.717, 1.165) is 22.8 Å². The SMILES string of the molecule is CN(C)C(=NCc1ccccc1)NCc1ccc(N2CCCS2(=O)=O)cc1.I. The van der Waals surface area contributed by atoms with Crippen molar-refractivity contribution < 1.29 is 8.42 Å². The summed E-state index contributed by atoms with van der Waals surface area (Å²) in [4.78, 5) is 6.60. The van der Waals surface area contributed by atoms with E-state index < -0.39 is 10.0 Å². The molecule has 8 heteroatoms. The minimum absolute atomic E-state index is 0. The van der Waals surface area contributed by atoms with Crippen LogP contribution in [0.1, 0.15) is 17.5 Å². The van der Waals surface area contributed by atoms with Gasteiger partial charge < -0.3 is 10.2 Å². The highest BCUT2D eigenvalue weighted by Crippen LogP contribution is 2.24. The topological polar surface area (TPSA) is 65.0 Å². The largest absolute Gasteiger partial charge is 0.352 e. The number of nitrogens with one attached hydrogen (secondary N) is 1. The number of hydrogen-bond acceptors (Lipinski definition) is 3. The van der Waals surface area contributed by atoms with Crippen LogP contribution in [0.2, 0.25) is 0 Å². The van der Waals surface area contributed by atoms with Crippen LogP contribution in [0.15, 0.2) is 59.6 Å². The van der Waals surface area contributed by atoms with E-state index in [-0.39, 0.29) is 29.7 Å². The smallest absolute Gasteiger partial charge is 0.235 e. The van der Waals surface area contributed by atoms with Crippen molar-refractivity contribution in [3.05, 3.63) is 65.7 Å². The van der Waals surface area contributed by atoms with Gasteiger partial charge in [0.2, 0.25) is 10.0 Å². The maximum atomic E-state index is 12.0. The molecule has 1 aliphatic heterocycles. The zero-order chi connectivity index (χ0) is 19.3. The Kier molecular flexibility index (Phi) is 8.11. The Morgan fingerprint density at radius 1 is 1.07 bits per heavy atom. The fourth-order valence-corrected chi connectivity index (χ4v) is 4.56. The molecule has 28 heavy (non-hydrogen) atoms. The summed E-state index contributed by atoms with van der Waals surface area (Å²) < 4.78 is 25.5. The molecule has 0 bridgehead atoms. The third-order valence-electron chi connectivity index (χ3n) is 4.45. The summed E-state index contributed by atoms with van der Waals surface area (Å²) in [5.74, 6) is 1.05. The number of anilines is 1. The van der Waals surface area contributed by atoms with Crippen molar-refractivity contribution in [2.45, 2.75) is 19.5 Å². The summed E-state index contributed by atoms with van der Waals surface area (Å²) in [6.45, 7) is 1.81. The molecule has 3 rings (SSSR count). The Morgan fingerprint density at radius 2 is 1.75 bits per heavy atom. The number of halogens is 1. The Morgan fingerprint density at radius 3 is 2.32 bits per heavy atom. The number of benzene rings is 2. The lowest BCUT2D eigenvalue weighted by atomic mass is 10.2. The third-order valence-corrected chi connectivity index (χ3v) is 6.32. The number of rotatable bonds is 5. The second kappa shape index (κ2) is 10.1. The molecule has 1 fully saturated rings. The Balaban J connectivity index is 0.00000280. The molecule has 6 nitrogen and oxygen atoms in total. The highest BCUT2D eigenvalue weighted by atomic mass is 127. The summed E-state index contributed by atoms with van der Waals surface area (Å²) in [7, 11) is 0.781. The van der Waals surface area contributed by atoms with Crippen LogP contribution in [0.3, 0.4) is 0 Å². The van der Waals surface area contributed by atoms with Crippen molar-refractivity contribution in [1.29, 1.82) is 0 Å². The predicted octanol–water partition coefficient (Wildman–Crippen LogP) is 3.05. The fraction of sp³-hybridized carbons (Fsp3) is 0.350. The monoisotopic (exact) mass is 514 g/mol. The molecule has 2 aromatic carbocycles. The molecule has 0 spiro atoms. The number of guanidine groups is 1. The first-order valence-electron chi connectivity index (χ1n) is 9.04. The molecule has 0 aliphatic carbocycles. The number of nitrogens with zero attached hydrogens (tertiary/aromatic N) is 3. The summed E-state index contributed by atoms with van der Waals surface area (Å²) >= 11 is 0. The van der Waals surface area contributed by atoms with Crippen LogP contribution in [0.4, 0.5) is 5.69 Å². The lowest BCUT2D eigenvalue weighted by molar-refractivity contribution is 0.578. The van der Waals surface area contributed by atoms with Crippen molar-refractivity contribution in [2.75, 3.05) is 30.7 Å².